The first-order chi connectivity index (χ1) is 9.13. The minimum atomic E-state index is -0.286. The van der Waals surface area contributed by atoms with E-state index in [-0.39, 0.29) is 5.91 Å². The fraction of sp³-hybridized carbons (Fsp3) is 0.231. The molecule has 0 atom stereocenters. The van der Waals surface area contributed by atoms with Crippen molar-refractivity contribution in [1.82, 2.24) is 10.2 Å². The highest BCUT2D eigenvalue weighted by Crippen LogP contribution is 2.25. The topological polar surface area (TPSA) is 76.2 Å². The first-order valence-electron chi connectivity index (χ1n) is 5.69. The lowest BCUT2D eigenvalue weighted by Crippen LogP contribution is -2.13. The van der Waals surface area contributed by atoms with Crippen molar-refractivity contribution < 1.29 is 14.3 Å². The Bertz CT molecular complexity index is 593. The van der Waals surface area contributed by atoms with Crippen molar-refractivity contribution >= 4 is 11.7 Å². The lowest BCUT2D eigenvalue weighted by molar-refractivity contribution is 0.102. The van der Waals surface area contributed by atoms with Crippen LogP contribution in [0, 0.1) is 6.92 Å². The third-order valence-electron chi connectivity index (χ3n) is 2.60. The highest BCUT2D eigenvalue weighted by atomic mass is 16.5. The van der Waals surface area contributed by atoms with E-state index in [2.05, 4.69) is 15.5 Å². The highest BCUT2D eigenvalue weighted by Gasteiger charge is 2.14. The van der Waals surface area contributed by atoms with Crippen LogP contribution in [0.1, 0.15) is 16.1 Å². The van der Waals surface area contributed by atoms with Crippen LogP contribution >= 0.6 is 0 Å². The summed E-state index contributed by atoms with van der Waals surface area (Å²) in [5, 5.41) is 9.39. The van der Waals surface area contributed by atoms with Crippen LogP contribution in [-0.2, 0) is 0 Å². The number of aromatic amines is 1. The van der Waals surface area contributed by atoms with Crippen LogP contribution in [0.4, 0.5) is 5.82 Å². The first kappa shape index (κ1) is 12.9. The fourth-order valence-electron chi connectivity index (χ4n) is 1.65. The molecular weight excluding hydrogens is 246 g/mol. The van der Waals surface area contributed by atoms with E-state index >= 15 is 0 Å². The molecule has 0 saturated carbocycles. The predicted molar refractivity (Wildman–Crippen MR) is 70.8 cm³/mol. The lowest BCUT2D eigenvalue weighted by atomic mass is 10.1. The Kier molecular flexibility index (Phi) is 3.70. The smallest absolute Gasteiger partial charge is 0.260 e. The van der Waals surface area contributed by atoms with Crippen molar-refractivity contribution in [2.24, 2.45) is 0 Å². The summed E-state index contributed by atoms with van der Waals surface area (Å²) in [6, 6.07) is 6.75. The zero-order valence-corrected chi connectivity index (χ0v) is 11.0. The van der Waals surface area contributed by atoms with Crippen LogP contribution in [-0.4, -0.2) is 30.3 Å². The Balaban J connectivity index is 2.23. The number of nitrogens with zero attached hydrogens (tertiary/aromatic N) is 1. The van der Waals surface area contributed by atoms with E-state index in [1.165, 1.54) is 7.11 Å². The molecule has 0 fully saturated rings. The molecule has 1 heterocycles. The summed E-state index contributed by atoms with van der Waals surface area (Å²) in [5.74, 6) is 1.26. The maximum Gasteiger partial charge on any atom is 0.260 e. The number of carbonyl (C=O) groups excluding carboxylic acids is 1. The second kappa shape index (κ2) is 5.43. The molecule has 19 heavy (non-hydrogen) atoms. The molecule has 6 heteroatoms. The zero-order chi connectivity index (χ0) is 13.8. The van der Waals surface area contributed by atoms with Gasteiger partial charge in [0.1, 0.15) is 11.5 Å². The molecule has 6 nitrogen and oxygen atoms in total. The molecule has 1 amide bonds. The summed E-state index contributed by atoms with van der Waals surface area (Å²) < 4.78 is 10.3. The molecule has 0 unspecified atom stereocenters. The fourth-order valence-corrected chi connectivity index (χ4v) is 1.65. The molecule has 100 valence electrons. The van der Waals surface area contributed by atoms with Crippen molar-refractivity contribution in [1.29, 1.82) is 0 Å². The molecule has 2 rings (SSSR count). The number of benzene rings is 1. The van der Waals surface area contributed by atoms with Gasteiger partial charge in [-0.2, -0.15) is 5.10 Å². The Morgan fingerprint density at radius 2 is 2.05 bits per heavy atom. The number of nitrogens with one attached hydrogen (secondary N) is 2. The van der Waals surface area contributed by atoms with Crippen LogP contribution in [0.2, 0.25) is 0 Å². The van der Waals surface area contributed by atoms with Crippen LogP contribution in [0.5, 0.6) is 11.5 Å². The van der Waals surface area contributed by atoms with E-state index in [1.54, 1.807) is 31.4 Å². The number of rotatable bonds is 4. The third kappa shape index (κ3) is 2.85. The van der Waals surface area contributed by atoms with Gasteiger partial charge in [0.25, 0.3) is 5.91 Å². The molecule has 1 aromatic carbocycles. The maximum atomic E-state index is 12.1. The van der Waals surface area contributed by atoms with E-state index in [0.29, 0.717) is 22.9 Å². The highest BCUT2D eigenvalue weighted by molar-refractivity contribution is 6.05. The minimum absolute atomic E-state index is 0.286. The van der Waals surface area contributed by atoms with Crippen molar-refractivity contribution in [2.75, 3.05) is 19.5 Å². The minimum Gasteiger partial charge on any atom is -0.497 e. The molecule has 0 saturated heterocycles. The molecule has 0 radical (unpaired) electrons. The number of aromatic nitrogens is 2. The predicted octanol–water partition coefficient (Wildman–Crippen LogP) is 1.99. The van der Waals surface area contributed by atoms with E-state index in [0.717, 1.165) is 5.69 Å². The van der Waals surface area contributed by atoms with Gasteiger partial charge in [-0.05, 0) is 19.1 Å². The second-order valence-electron chi connectivity index (χ2n) is 3.96. The average Bonchev–Trinajstić information content (AvgIpc) is 2.83. The summed E-state index contributed by atoms with van der Waals surface area (Å²) in [7, 11) is 3.06. The SMILES string of the molecule is COc1ccc(C(=O)Nc2cc(C)[nH]n2)c(OC)c1. The van der Waals surface area contributed by atoms with Gasteiger partial charge in [-0.3, -0.25) is 9.89 Å². The van der Waals surface area contributed by atoms with Gasteiger partial charge in [0.15, 0.2) is 5.82 Å². The van der Waals surface area contributed by atoms with Crippen LogP contribution in [0.25, 0.3) is 0 Å². The summed E-state index contributed by atoms with van der Waals surface area (Å²) in [5.41, 5.74) is 1.29. The van der Waals surface area contributed by atoms with Crippen LogP contribution < -0.4 is 14.8 Å². The van der Waals surface area contributed by atoms with Gasteiger partial charge in [0.05, 0.1) is 19.8 Å². The van der Waals surface area contributed by atoms with Gasteiger partial charge in [-0.25, -0.2) is 0 Å². The third-order valence-corrected chi connectivity index (χ3v) is 2.60. The molecule has 1 aromatic heterocycles. The van der Waals surface area contributed by atoms with E-state index in [4.69, 9.17) is 9.47 Å². The molecule has 0 bridgehead atoms. The summed E-state index contributed by atoms with van der Waals surface area (Å²) >= 11 is 0. The Labute approximate surface area is 110 Å². The summed E-state index contributed by atoms with van der Waals surface area (Å²) in [6.07, 6.45) is 0. The number of methoxy groups -OCH3 is 2. The molecule has 0 aliphatic heterocycles. The number of hydrogen-bond acceptors (Lipinski definition) is 4. The molecule has 0 aliphatic rings. The molecule has 2 aromatic rings. The number of H-pyrrole nitrogens is 1. The van der Waals surface area contributed by atoms with Gasteiger partial charge in [0, 0.05) is 17.8 Å². The molecule has 2 N–H and O–H groups in total. The Hall–Kier alpha value is -2.50. The summed E-state index contributed by atoms with van der Waals surface area (Å²) in [4.78, 5) is 12.1. The standard InChI is InChI=1S/C13H15N3O3/c1-8-6-12(16-15-8)14-13(17)10-5-4-9(18-2)7-11(10)19-3/h4-7H,1-3H3,(H2,14,15,16,17). The number of aryl methyl sites for hydroxylation is 1. The van der Waals surface area contributed by atoms with Gasteiger partial charge in [-0.1, -0.05) is 0 Å². The van der Waals surface area contributed by atoms with Crippen molar-refractivity contribution in [3.8, 4) is 11.5 Å². The molecule has 0 aliphatic carbocycles. The van der Waals surface area contributed by atoms with Crippen LogP contribution in [0.15, 0.2) is 24.3 Å². The van der Waals surface area contributed by atoms with Gasteiger partial charge < -0.3 is 14.8 Å². The van der Waals surface area contributed by atoms with Crippen molar-refractivity contribution in [3.63, 3.8) is 0 Å². The van der Waals surface area contributed by atoms with Crippen LogP contribution in [0.3, 0.4) is 0 Å². The number of anilines is 1. The number of carbonyl (C=O) groups is 1. The van der Waals surface area contributed by atoms with Crippen molar-refractivity contribution in [3.05, 3.63) is 35.5 Å². The van der Waals surface area contributed by atoms with E-state index in [1.807, 2.05) is 6.92 Å². The number of amides is 1. The van der Waals surface area contributed by atoms with Gasteiger partial charge >= 0.3 is 0 Å². The Morgan fingerprint density at radius 3 is 2.63 bits per heavy atom. The number of ether oxygens (including phenoxy) is 2. The second-order valence-corrected chi connectivity index (χ2v) is 3.96. The van der Waals surface area contributed by atoms with Gasteiger partial charge in [-0.15, -0.1) is 0 Å². The first-order valence-corrected chi connectivity index (χ1v) is 5.69. The van der Waals surface area contributed by atoms with E-state index < -0.39 is 0 Å². The zero-order valence-electron chi connectivity index (χ0n) is 11.0. The largest absolute Gasteiger partial charge is 0.497 e. The maximum absolute atomic E-state index is 12.1. The normalized spacial score (nSPS) is 10.1. The number of hydrogen-bond donors (Lipinski definition) is 2. The molecular formula is C13H15N3O3. The molecule has 0 spiro atoms. The lowest BCUT2D eigenvalue weighted by Gasteiger charge is -2.09. The van der Waals surface area contributed by atoms with E-state index in [9.17, 15) is 4.79 Å². The van der Waals surface area contributed by atoms with Crippen molar-refractivity contribution in [2.45, 2.75) is 6.92 Å². The monoisotopic (exact) mass is 261 g/mol. The quantitative estimate of drug-likeness (QED) is 0.882. The average molecular weight is 261 g/mol. The Morgan fingerprint density at radius 1 is 1.26 bits per heavy atom. The summed E-state index contributed by atoms with van der Waals surface area (Å²) in [6.45, 7) is 1.86. The van der Waals surface area contributed by atoms with Gasteiger partial charge in [0.2, 0.25) is 0 Å².